The Bertz CT molecular complexity index is 1280. The van der Waals surface area contributed by atoms with Gasteiger partial charge in [0, 0.05) is 29.4 Å². The molecule has 0 bridgehead atoms. The number of likely N-dealkylation sites (N-methyl/N-ethyl adjacent to an activating group) is 1. The molecule has 3 aromatic rings. The van der Waals surface area contributed by atoms with E-state index in [0.29, 0.717) is 43.5 Å². The first-order valence-electron chi connectivity index (χ1n) is 12.9. The molecule has 0 aliphatic carbocycles. The minimum Gasteiger partial charge on any atom is -0.494 e. The average Bonchev–Trinajstić information content (AvgIpc) is 2.90. The lowest BCUT2D eigenvalue weighted by molar-refractivity contribution is -0.145. The molecule has 4 rings (SSSR count). The first-order chi connectivity index (χ1) is 18.8. The number of pyridine rings is 1. The molecule has 10 heteroatoms. The van der Waals surface area contributed by atoms with Gasteiger partial charge in [-0.05, 0) is 62.7 Å². The number of carbonyl (C=O) groups excluding carboxylic acids is 2. The monoisotopic (exact) mass is 532 g/mol. The van der Waals surface area contributed by atoms with Crippen LogP contribution in [0.15, 0.2) is 54.6 Å². The smallest absolute Gasteiger partial charge is 0.494 e. The van der Waals surface area contributed by atoms with Gasteiger partial charge in [0.1, 0.15) is 19.0 Å². The highest BCUT2D eigenvalue weighted by Gasteiger charge is 2.33. The van der Waals surface area contributed by atoms with Gasteiger partial charge in [-0.15, -0.1) is 0 Å². The Hall–Kier alpha value is -3.89. The molecule has 0 N–H and O–H groups in total. The SMILES string of the molecule is CCOCCOc1ccc(-c2cccc(COc3ccc(B4OC(=O)CN(C)CC(=O)O4)cc3)c2C)c(C)n1. The van der Waals surface area contributed by atoms with E-state index in [-0.39, 0.29) is 13.1 Å². The van der Waals surface area contributed by atoms with Crippen LogP contribution in [0.4, 0.5) is 0 Å². The Morgan fingerprint density at radius 3 is 2.28 bits per heavy atom. The van der Waals surface area contributed by atoms with Crippen molar-refractivity contribution in [2.45, 2.75) is 27.4 Å². The third-order valence-electron chi connectivity index (χ3n) is 6.30. The van der Waals surface area contributed by atoms with Crippen LogP contribution in [0.1, 0.15) is 23.7 Å². The molecule has 1 saturated heterocycles. The molecular formula is C29H33BN2O7. The van der Waals surface area contributed by atoms with Crippen molar-refractivity contribution in [3.63, 3.8) is 0 Å². The van der Waals surface area contributed by atoms with Crippen LogP contribution in [-0.2, 0) is 30.2 Å². The van der Waals surface area contributed by atoms with Crippen LogP contribution in [0.25, 0.3) is 11.1 Å². The highest BCUT2D eigenvalue weighted by Crippen LogP contribution is 2.29. The van der Waals surface area contributed by atoms with E-state index in [0.717, 1.165) is 27.9 Å². The van der Waals surface area contributed by atoms with E-state index in [2.05, 4.69) is 18.0 Å². The standard InChI is InChI=1S/C29H33BN2O7/c1-5-35-15-16-36-27-14-13-26(21(3)31-27)25-8-6-7-22(20(25)2)19-37-24-11-9-23(10-12-24)30-38-28(33)17-32(4)18-29(34)39-30/h6-14H,5,15-19H2,1-4H3. The molecule has 204 valence electrons. The number of aromatic nitrogens is 1. The lowest BCUT2D eigenvalue weighted by atomic mass is 9.78. The molecule has 0 amide bonds. The summed E-state index contributed by atoms with van der Waals surface area (Å²) >= 11 is 0. The predicted octanol–water partition coefficient (Wildman–Crippen LogP) is 3.09. The minimum absolute atomic E-state index is 0.0210. The molecule has 39 heavy (non-hydrogen) atoms. The maximum Gasteiger partial charge on any atom is 0.636 e. The van der Waals surface area contributed by atoms with E-state index >= 15 is 0 Å². The van der Waals surface area contributed by atoms with Gasteiger partial charge in [-0.1, -0.05) is 30.3 Å². The summed E-state index contributed by atoms with van der Waals surface area (Å²) in [5.74, 6) is 0.297. The van der Waals surface area contributed by atoms with Crippen molar-refractivity contribution in [1.29, 1.82) is 0 Å². The Balaban J connectivity index is 1.41. The van der Waals surface area contributed by atoms with Crippen molar-refractivity contribution in [3.8, 4) is 22.8 Å². The van der Waals surface area contributed by atoms with E-state index < -0.39 is 19.1 Å². The fraction of sp³-hybridized carbons (Fsp3) is 0.345. The number of hydrogen-bond donors (Lipinski definition) is 0. The van der Waals surface area contributed by atoms with Crippen molar-refractivity contribution in [1.82, 2.24) is 9.88 Å². The molecule has 2 aromatic carbocycles. The highest BCUT2D eigenvalue weighted by atomic mass is 16.6. The second kappa shape index (κ2) is 13.3. The third-order valence-corrected chi connectivity index (χ3v) is 6.30. The van der Waals surface area contributed by atoms with Crippen molar-refractivity contribution >= 4 is 24.5 Å². The molecular weight excluding hydrogens is 499 g/mol. The van der Waals surface area contributed by atoms with Crippen LogP contribution in [0, 0.1) is 13.8 Å². The van der Waals surface area contributed by atoms with Gasteiger partial charge in [0.05, 0.1) is 19.7 Å². The van der Waals surface area contributed by atoms with Crippen molar-refractivity contribution < 1.29 is 33.1 Å². The molecule has 1 aromatic heterocycles. The predicted molar refractivity (Wildman–Crippen MR) is 147 cm³/mol. The summed E-state index contributed by atoms with van der Waals surface area (Å²) in [6, 6.07) is 17.0. The van der Waals surface area contributed by atoms with E-state index in [1.807, 2.05) is 38.1 Å². The van der Waals surface area contributed by atoms with Crippen LogP contribution in [0.5, 0.6) is 11.6 Å². The quantitative estimate of drug-likeness (QED) is 0.288. The Kier molecular flexibility index (Phi) is 9.57. The third kappa shape index (κ3) is 7.58. The lowest BCUT2D eigenvalue weighted by Gasteiger charge is -2.22. The summed E-state index contributed by atoms with van der Waals surface area (Å²) in [5, 5.41) is 0. The van der Waals surface area contributed by atoms with Gasteiger partial charge in [-0.25, -0.2) is 4.98 Å². The fourth-order valence-electron chi connectivity index (χ4n) is 4.24. The average molecular weight is 532 g/mol. The first kappa shape index (κ1) is 28.1. The van der Waals surface area contributed by atoms with E-state index in [1.165, 1.54) is 0 Å². The fourth-order valence-corrected chi connectivity index (χ4v) is 4.24. The largest absolute Gasteiger partial charge is 0.636 e. The van der Waals surface area contributed by atoms with Crippen LogP contribution in [-0.4, -0.2) is 68.9 Å². The number of nitrogens with zero attached hydrogens (tertiary/aromatic N) is 2. The summed E-state index contributed by atoms with van der Waals surface area (Å²) in [6.45, 7) is 8.04. The van der Waals surface area contributed by atoms with Crippen molar-refractivity contribution in [2.24, 2.45) is 0 Å². The van der Waals surface area contributed by atoms with Crippen LogP contribution in [0.2, 0.25) is 0 Å². The molecule has 1 aliphatic heterocycles. The van der Waals surface area contributed by atoms with E-state index in [4.69, 9.17) is 23.5 Å². The molecule has 0 radical (unpaired) electrons. The van der Waals surface area contributed by atoms with Gasteiger partial charge in [0.25, 0.3) is 0 Å². The zero-order chi connectivity index (χ0) is 27.8. The summed E-state index contributed by atoms with van der Waals surface area (Å²) in [6.07, 6.45) is 0. The van der Waals surface area contributed by atoms with E-state index in [1.54, 1.807) is 36.2 Å². The molecule has 9 nitrogen and oxygen atoms in total. The highest BCUT2D eigenvalue weighted by molar-refractivity contribution is 6.64. The Labute approximate surface area is 229 Å². The number of hydrogen-bond acceptors (Lipinski definition) is 9. The number of rotatable bonds is 10. The Morgan fingerprint density at radius 1 is 0.897 bits per heavy atom. The first-order valence-corrected chi connectivity index (χ1v) is 12.9. The maximum atomic E-state index is 12.0. The molecule has 2 heterocycles. The Morgan fingerprint density at radius 2 is 1.62 bits per heavy atom. The summed E-state index contributed by atoms with van der Waals surface area (Å²) in [7, 11) is 0.576. The second-order valence-corrected chi connectivity index (χ2v) is 9.26. The number of carbonyl (C=O) groups is 2. The second-order valence-electron chi connectivity index (χ2n) is 9.26. The molecule has 1 fully saturated rings. The van der Waals surface area contributed by atoms with Gasteiger partial charge in [0.2, 0.25) is 5.88 Å². The molecule has 0 spiro atoms. The number of benzene rings is 2. The van der Waals surface area contributed by atoms with Crippen LogP contribution < -0.4 is 14.9 Å². The van der Waals surface area contributed by atoms with Gasteiger partial charge in [-0.3, -0.25) is 14.5 Å². The maximum absolute atomic E-state index is 12.0. The topological polar surface area (TPSA) is 96.4 Å². The van der Waals surface area contributed by atoms with Crippen molar-refractivity contribution in [3.05, 3.63) is 71.4 Å². The molecule has 0 unspecified atom stereocenters. The lowest BCUT2D eigenvalue weighted by Crippen LogP contribution is -2.47. The minimum atomic E-state index is -1.08. The van der Waals surface area contributed by atoms with Gasteiger partial charge in [0.15, 0.2) is 0 Å². The van der Waals surface area contributed by atoms with Gasteiger partial charge >= 0.3 is 19.1 Å². The summed E-state index contributed by atoms with van der Waals surface area (Å²) in [4.78, 5) is 30.2. The van der Waals surface area contributed by atoms with Crippen LogP contribution >= 0.6 is 0 Å². The zero-order valence-electron chi connectivity index (χ0n) is 22.8. The number of ether oxygens (including phenoxy) is 3. The van der Waals surface area contributed by atoms with Gasteiger partial charge in [-0.2, -0.15) is 0 Å². The molecule has 1 aliphatic rings. The molecule has 0 saturated carbocycles. The van der Waals surface area contributed by atoms with Crippen molar-refractivity contribution in [2.75, 3.05) is 40.0 Å². The normalized spacial score (nSPS) is 14.3. The van der Waals surface area contributed by atoms with Crippen LogP contribution in [0.3, 0.4) is 0 Å². The summed E-state index contributed by atoms with van der Waals surface area (Å²) in [5.41, 5.74) is 5.69. The zero-order valence-corrected chi connectivity index (χ0v) is 22.8. The molecule has 0 atom stereocenters. The van der Waals surface area contributed by atoms with E-state index in [9.17, 15) is 9.59 Å². The summed E-state index contributed by atoms with van der Waals surface area (Å²) < 4.78 is 27.7. The number of aryl methyl sites for hydroxylation is 1. The van der Waals surface area contributed by atoms with Gasteiger partial charge < -0.3 is 23.5 Å².